The molecule has 2 rings (SSSR count). The van der Waals surface area contributed by atoms with Crippen molar-refractivity contribution in [2.45, 2.75) is 53.0 Å². The topological polar surface area (TPSA) is 59.8 Å². The second-order valence-corrected chi connectivity index (χ2v) is 6.91. The molecule has 20 heavy (non-hydrogen) atoms. The van der Waals surface area contributed by atoms with Gasteiger partial charge >= 0.3 is 0 Å². The van der Waals surface area contributed by atoms with E-state index in [2.05, 4.69) is 36.2 Å². The fourth-order valence-electron chi connectivity index (χ4n) is 3.49. The van der Waals surface area contributed by atoms with Gasteiger partial charge in [0, 0.05) is 19.0 Å². The van der Waals surface area contributed by atoms with Gasteiger partial charge in [0.15, 0.2) is 0 Å². The number of aromatic nitrogens is 3. The van der Waals surface area contributed by atoms with Crippen molar-refractivity contribution in [2.24, 2.45) is 17.3 Å². The Labute approximate surface area is 121 Å². The van der Waals surface area contributed by atoms with E-state index in [1.807, 2.05) is 0 Å². The summed E-state index contributed by atoms with van der Waals surface area (Å²) in [5, 5.41) is 7.12. The number of carbonyl (C=O) groups excluding carboxylic acids is 1. The molecule has 1 aliphatic carbocycles. The zero-order valence-corrected chi connectivity index (χ0v) is 12.8. The van der Waals surface area contributed by atoms with Crippen LogP contribution < -0.4 is 5.32 Å². The molecular formula is C15H26N4O. The Bertz CT molecular complexity index is 427. The number of amides is 1. The number of aryl methyl sites for hydroxylation is 1. The first kappa shape index (κ1) is 15.0. The van der Waals surface area contributed by atoms with E-state index in [1.165, 1.54) is 12.7 Å². The first-order valence-corrected chi connectivity index (χ1v) is 7.56. The zero-order chi connectivity index (χ0) is 14.6. The normalized spacial score (nSPS) is 25.4. The Balaban J connectivity index is 1.71. The van der Waals surface area contributed by atoms with E-state index in [1.54, 1.807) is 11.0 Å². The van der Waals surface area contributed by atoms with Crippen molar-refractivity contribution >= 4 is 5.91 Å². The van der Waals surface area contributed by atoms with E-state index in [4.69, 9.17) is 0 Å². The number of rotatable bonds is 5. The maximum Gasteiger partial charge on any atom is 0.223 e. The molecule has 0 saturated heterocycles. The summed E-state index contributed by atoms with van der Waals surface area (Å²) in [6, 6.07) is 0. The lowest BCUT2D eigenvalue weighted by atomic mass is 9.68. The fraction of sp³-hybridized carbons (Fsp3) is 0.800. The molecule has 2 atom stereocenters. The molecule has 0 aliphatic heterocycles. The highest BCUT2D eigenvalue weighted by atomic mass is 16.1. The lowest BCUT2D eigenvalue weighted by Gasteiger charge is -2.38. The van der Waals surface area contributed by atoms with Crippen LogP contribution in [0.4, 0.5) is 0 Å². The standard InChI is InChI=1S/C15H26N4O/c1-12-7-13(9-15(2,3)8-12)14(20)17-5-4-6-19-11-16-10-18-19/h10-13H,4-9H2,1-3H3,(H,17,20). The van der Waals surface area contributed by atoms with Crippen molar-refractivity contribution in [3.8, 4) is 0 Å². The van der Waals surface area contributed by atoms with Crippen LogP contribution in [0.25, 0.3) is 0 Å². The second-order valence-electron chi connectivity index (χ2n) is 6.91. The summed E-state index contributed by atoms with van der Waals surface area (Å²) in [4.78, 5) is 16.1. The van der Waals surface area contributed by atoms with Crippen LogP contribution in [-0.2, 0) is 11.3 Å². The number of nitrogens with one attached hydrogen (secondary N) is 1. The Kier molecular flexibility index (Phi) is 4.78. The van der Waals surface area contributed by atoms with Gasteiger partial charge in [-0.3, -0.25) is 9.48 Å². The average molecular weight is 278 g/mol. The Morgan fingerprint density at radius 3 is 2.90 bits per heavy atom. The first-order valence-electron chi connectivity index (χ1n) is 7.56. The Morgan fingerprint density at radius 2 is 2.25 bits per heavy atom. The maximum absolute atomic E-state index is 12.2. The maximum atomic E-state index is 12.2. The van der Waals surface area contributed by atoms with Crippen LogP contribution in [0.15, 0.2) is 12.7 Å². The number of hydrogen-bond acceptors (Lipinski definition) is 3. The van der Waals surface area contributed by atoms with E-state index in [-0.39, 0.29) is 11.8 Å². The van der Waals surface area contributed by atoms with Gasteiger partial charge in [-0.2, -0.15) is 5.10 Å². The van der Waals surface area contributed by atoms with Gasteiger partial charge in [0.25, 0.3) is 0 Å². The highest BCUT2D eigenvalue weighted by Gasteiger charge is 2.35. The van der Waals surface area contributed by atoms with Crippen LogP contribution in [0.3, 0.4) is 0 Å². The molecule has 1 aromatic heterocycles. The highest BCUT2D eigenvalue weighted by molar-refractivity contribution is 5.78. The monoisotopic (exact) mass is 278 g/mol. The van der Waals surface area contributed by atoms with Crippen molar-refractivity contribution in [1.29, 1.82) is 0 Å². The van der Waals surface area contributed by atoms with Gasteiger partial charge in [-0.1, -0.05) is 20.8 Å². The number of carbonyl (C=O) groups is 1. The Hall–Kier alpha value is -1.39. The lowest BCUT2D eigenvalue weighted by molar-refractivity contribution is -0.128. The molecule has 1 saturated carbocycles. The minimum absolute atomic E-state index is 0.181. The molecule has 1 fully saturated rings. The summed E-state index contributed by atoms with van der Waals surface area (Å²) in [6.07, 6.45) is 7.38. The van der Waals surface area contributed by atoms with Crippen LogP contribution in [0, 0.1) is 17.3 Å². The SMILES string of the molecule is CC1CC(C(=O)NCCCn2cncn2)CC(C)(C)C1. The minimum atomic E-state index is 0.181. The summed E-state index contributed by atoms with van der Waals surface area (Å²) >= 11 is 0. The smallest absolute Gasteiger partial charge is 0.223 e. The third kappa shape index (κ3) is 4.32. The van der Waals surface area contributed by atoms with E-state index in [9.17, 15) is 4.79 Å². The summed E-state index contributed by atoms with van der Waals surface area (Å²) in [6.45, 7) is 8.31. The van der Waals surface area contributed by atoms with Gasteiger partial charge in [-0.25, -0.2) is 4.98 Å². The van der Waals surface area contributed by atoms with Gasteiger partial charge in [0.2, 0.25) is 5.91 Å². The van der Waals surface area contributed by atoms with Crippen LogP contribution in [0.5, 0.6) is 0 Å². The van der Waals surface area contributed by atoms with Crippen LogP contribution in [-0.4, -0.2) is 27.2 Å². The van der Waals surface area contributed by atoms with Gasteiger partial charge < -0.3 is 5.32 Å². The fourth-order valence-corrected chi connectivity index (χ4v) is 3.49. The summed E-state index contributed by atoms with van der Waals surface area (Å²) in [5.74, 6) is 1.05. The molecule has 2 unspecified atom stereocenters. The van der Waals surface area contributed by atoms with Crippen molar-refractivity contribution < 1.29 is 4.79 Å². The van der Waals surface area contributed by atoms with Crippen LogP contribution >= 0.6 is 0 Å². The van der Waals surface area contributed by atoms with Gasteiger partial charge in [0.05, 0.1) is 0 Å². The number of nitrogens with zero attached hydrogens (tertiary/aromatic N) is 3. The summed E-state index contributed by atoms with van der Waals surface area (Å²) in [5.41, 5.74) is 0.292. The van der Waals surface area contributed by atoms with Gasteiger partial charge in [0.1, 0.15) is 12.7 Å². The van der Waals surface area contributed by atoms with Crippen molar-refractivity contribution in [3.63, 3.8) is 0 Å². The summed E-state index contributed by atoms with van der Waals surface area (Å²) < 4.78 is 1.79. The predicted molar refractivity (Wildman–Crippen MR) is 77.9 cm³/mol. The molecule has 0 spiro atoms. The van der Waals surface area contributed by atoms with E-state index in [0.717, 1.165) is 25.8 Å². The summed E-state index contributed by atoms with van der Waals surface area (Å²) in [7, 11) is 0. The van der Waals surface area contributed by atoms with Gasteiger partial charge in [-0.15, -0.1) is 0 Å². The molecule has 1 heterocycles. The molecule has 1 amide bonds. The molecule has 1 aliphatic rings. The molecule has 1 N–H and O–H groups in total. The molecule has 112 valence electrons. The van der Waals surface area contributed by atoms with Crippen LogP contribution in [0.2, 0.25) is 0 Å². The van der Waals surface area contributed by atoms with E-state index in [0.29, 0.717) is 17.9 Å². The van der Waals surface area contributed by atoms with Crippen molar-refractivity contribution in [3.05, 3.63) is 12.7 Å². The lowest BCUT2D eigenvalue weighted by Crippen LogP contribution is -2.38. The molecule has 5 nitrogen and oxygen atoms in total. The second kappa shape index (κ2) is 6.37. The predicted octanol–water partition coefficient (Wildman–Crippen LogP) is 2.25. The molecule has 0 radical (unpaired) electrons. The molecule has 5 heteroatoms. The quantitative estimate of drug-likeness (QED) is 0.840. The third-order valence-electron chi connectivity index (χ3n) is 4.09. The van der Waals surface area contributed by atoms with Crippen molar-refractivity contribution in [2.75, 3.05) is 6.54 Å². The van der Waals surface area contributed by atoms with Crippen LogP contribution in [0.1, 0.15) is 46.5 Å². The van der Waals surface area contributed by atoms with E-state index >= 15 is 0 Å². The zero-order valence-electron chi connectivity index (χ0n) is 12.8. The van der Waals surface area contributed by atoms with Crippen molar-refractivity contribution in [1.82, 2.24) is 20.1 Å². The molecule has 0 bridgehead atoms. The van der Waals surface area contributed by atoms with Gasteiger partial charge in [-0.05, 0) is 37.0 Å². The largest absolute Gasteiger partial charge is 0.356 e. The first-order chi connectivity index (χ1) is 9.46. The minimum Gasteiger partial charge on any atom is -0.356 e. The molecule has 0 aromatic carbocycles. The number of hydrogen-bond donors (Lipinski definition) is 1. The average Bonchev–Trinajstić information content (AvgIpc) is 2.85. The third-order valence-corrected chi connectivity index (χ3v) is 4.09. The molecular weight excluding hydrogens is 252 g/mol. The Morgan fingerprint density at radius 1 is 1.45 bits per heavy atom. The van der Waals surface area contributed by atoms with E-state index < -0.39 is 0 Å². The molecule has 1 aromatic rings. The highest BCUT2D eigenvalue weighted by Crippen LogP contribution is 2.41.